The number of hydrogen-bond acceptors (Lipinski definition) is 3. The Morgan fingerprint density at radius 2 is 2.00 bits per heavy atom. The lowest BCUT2D eigenvalue weighted by Crippen LogP contribution is -2.06. The second-order valence-corrected chi connectivity index (χ2v) is 4.99. The quantitative estimate of drug-likeness (QED) is 0.772. The van der Waals surface area contributed by atoms with Crippen molar-refractivity contribution in [2.24, 2.45) is 0 Å². The molecule has 0 amide bonds. The zero-order valence-electron chi connectivity index (χ0n) is 8.91. The number of aryl methyl sites for hydroxylation is 1. The van der Waals surface area contributed by atoms with Gasteiger partial charge in [-0.1, -0.05) is 6.07 Å². The van der Waals surface area contributed by atoms with E-state index < -0.39 is 10.1 Å². The lowest BCUT2D eigenvalue weighted by Gasteiger charge is -2.06. The molecular formula is C10H10N2O4S. The van der Waals surface area contributed by atoms with Crippen molar-refractivity contribution >= 4 is 10.1 Å². The van der Waals surface area contributed by atoms with E-state index in [1.807, 2.05) is 0 Å². The van der Waals surface area contributed by atoms with Gasteiger partial charge in [0.05, 0.1) is 10.6 Å². The molecule has 0 fully saturated rings. The number of benzene rings is 1. The third-order valence-electron chi connectivity index (χ3n) is 2.29. The van der Waals surface area contributed by atoms with Crippen LogP contribution in [0, 0.1) is 6.92 Å². The monoisotopic (exact) mass is 254 g/mol. The molecule has 0 radical (unpaired) electrons. The van der Waals surface area contributed by atoms with Crippen molar-refractivity contribution in [1.29, 1.82) is 0 Å². The van der Waals surface area contributed by atoms with Crippen molar-refractivity contribution in [2.45, 2.75) is 11.8 Å². The van der Waals surface area contributed by atoms with Gasteiger partial charge in [-0.25, -0.2) is 0 Å². The van der Waals surface area contributed by atoms with Crippen LogP contribution >= 0.6 is 0 Å². The Labute approximate surface area is 97.3 Å². The van der Waals surface area contributed by atoms with Crippen LogP contribution < -0.4 is 5.56 Å². The van der Waals surface area contributed by atoms with E-state index in [1.165, 1.54) is 28.9 Å². The van der Waals surface area contributed by atoms with Gasteiger partial charge >= 0.3 is 0 Å². The molecule has 0 aliphatic rings. The van der Waals surface area contributed by atoms with Crippen LogP contribution in [-0.4, -0.2) is 22.8 Å². The molecule has 2 rings (SSSR count). The Morgan fingerprint density at radius 3 is 2.53 bits per heavy atom. The third kappa shape index (κ3) is 2.29. The maximum atomic E-state index is 11.1. The Balaban J connectivity index is 2.62. The number of rotatable bonds is 2. The van der Waals surface area contributed by atoms with Gasteiger partial charge in [-0.05, 0) is 25.1 Å². The molecule has 0 atom stereocenters. The molecule has 17 heavy (non-hydrogen) atoms. The van der Waals surface area contributed by atoms with E-state index in [4.69, 9.17) is 4.55 Å². The van der Waals surface area contributed by atoms with Gasteiger partial charge in [-0.3, -0.25) is 19.1 Å². The van der Waals surface area contributed by atoms with Crippen LogP contribution in [0.4, 0.5) is 0 Å². The van der Waals surface area contributed by atoms with Crippen LogP contribution in [0.3, 0.4) is 0 Å². The average molecular weight is 254 g/mol. The summed E-state index contributed by atoms with van der Waals surface area (Å²) in [5.74, 6) is 0. The normalized spacial score (nSPS) is 11.6. The molecule has 0 unspecified atom stereocenters. The van der Waals surface area contributed by atoms with E-state index >= 15 is 0 Å². The van der Waals surface area contributed by atoms with E-state index in [2.05, 4.69) is 5.10 Å². The maximum absolute atomic E-state index is 11.1. The standard InChI is InChI=1S/C10H10N2O4S/c1-7-5-10(13)11-12(7)8-3-2-4-9(6-8)17(14,15)16/h2-6H,1H3,(H,11,13)(H,14,15,16). The molecule has 1 heterocycles. The molecule has 0 spiro atoms. The number of nitrogens with zero attached hydrogens (tertiary/aromatic N) is 1. The number of H-pyrrole nitrogens is 1. The molecule has 0 bridgehead atoms. The molecule has 0 saturated heterocycles. The first kappa shape index (κ1) is 11.6. The molecule has 1 aromatic heterocycles. The van der Waals surface area contributed by atoms with Crippen LogP contribution in [0.25, 0.3) is 5.69 Å². The second kappa shape index (κ2) is 3.86. The number of aromatic amines is 1. The second-order valence-electron chi connectivity index (χ2n) is 3.57. The van der Waals surface area contributed by atoms with Gasteiger partial charge in [0, 0.05) is 11.8 Å². The zero-order chi connectivity index (χ0) is 12.6. The summed E-state index contributed by atoms with van der Waals surface area (Å²) in [6, 6.07) is 7.04. The summed E-state index contributed by atoms with van der Waals surface area (Å²) >= 11 is 0. The van der Waals surface area contributed by atoms with E-state index in [0.717, 1.165) is 0 Å². The summed E-state index contributed by atoms with van der Waals surface area (Å²) in [4.78, 5) is 10.9. The SMILES string of the molecule is Cc1cc(=O)[nH]n1-c1cccc(S(=O)(=O)O)c1. The van der Waals surface area contributed by atoms with Crippen molar-refractivity contribution in [2.75, 3.05) is 0 Å². The Kier molecular flexibility index (Phi) is 2.64. The van der Waals surface area contributed by atoms with Gasteiger partial charge in [0.2, 0.25) is 0 Å². The van der Waals surface area contributed by atoms with E-state index in [0.29, 0.717) is 11.4 Å². The third-order valence-corrected chi connectivity index (χ3v) is 3.14. The molecule has 1 aromatic carbocycles. The summed E-state index contributed by atoms with van der Waals surface area (Å²) in [6.07, 6.45) is 0. The minimum Gasteiger partial charge on any atom is -0.282 e. The summed E-state index contributed by atoms with van der Waals surface area (Å²) in [5, 5.41) is 2.52. The van der Waals surface area contributed by atoms with Gasteiger partial charge in [0.15, 0.2) is 0 Å². The number of nitrogens with one attached hydrogen (secondary N) is 1. The molecule has 90 valence electrons. The summed E-state index contributed by atoms with van der Waals surface area (Å²) < 4.78 is 32.3. The van der Waals surface area contributed by atoms with Crippen molar-refractivity contribution in [3.8, 4) is 5.69 Å². The highest BCUT2D eigenvalue weighted by Gasteiger charge is 2.11. The summed E-state index contributed by atoms with van der Waals surface area (Å²) in [6.45, 7) is 1.71. The van der Waals surface area contributed by atoms with E-state index in [1.54, 1.807) is 13.0 Å². The van der Waals surface area contributed by atoms with Crippen molar-refractivity contribution in [3.63, 3.8) is 0 Å². The van der Waals surface area contributed by atoms with Crippen LogP contribution in [-0.2, 0) is 10.1 Å². The van der Waals surface area contributed by atoms with E-state index in [-0.39, 0.29) is 10.5 Å². The zero-order valence-corrected chi connectivity index (χ0v) is 9.73. The van der Waals surface area contributed by atoms with Crippen LogP contribution in [0.2, 0.25) is 0 Å². The molecule has 6 nitrogen and oxygen atoms in total. The van der Waals surface area contributed by atoms with Gasteiger partial charge < -0.3 is 0 Å². The van der Waals surface area contributed by atoms with Crippen molar-refractivity contribution < 1.29 is 13.0 Å². The highest BCUT2D eigenvalue weighted by molar-refractivity contribution is 7.85. The Hall–Kier alpha value is -1.86. The fourth-order valence-electron chi connectivity index (χ4n) is 1.54. The topological polar surface area (TPSA) is 92.2 Å². The Bertz CT molecular complexity index is 712. The fraction of sp³-hybridized carbons (Fsp3) is 0.100. The van der Waals surface area contributed by atoms with E-state index in [9.17, 15) is 13.2 Å². The first-order chi connectivity index (χ1) is 7.88. The highest BCUT2D eigenvalue weighted by Crippen LogP contribution is 2.14. The maximum Gasteiger partial charge on any atom is 0.294 e. The predicted molar refractivity (Wildman–Crippen MR) is 60.9 cm³/mol. The molecule has 7 heteroatoms. The molecule has 0 saturated carbocycles. The molecule has 2 aromatic rings. The fourth-order valence-corrected chi connectivity index (χ4v) is 2.06. The lowest BCUT2D eigenvalue weighted by molar-refractivity contribution is 0.483. The van der Waals surface area contributed by atoms with Crippen LogP contribution in [0.1, 0.15) is 5.69 Å². The predicted octanol–water partition coefficient (Wildman–Crippen LogP) is 0.721. The van der Waals surface area contributed by atoms with Crippen molar-refractivity contribution in [3.05, 3.63) is 46.4 Å². The number of aromatic nitrogens is 2. The van der Waals surface area contributed by atoms with Gasteiger partial charge in [-0.2, -0.15) is 8.42 Å². The average Bonchev–Trinajstić information content (AvgIpc) is 2.57. The molecule has 0 aliphatic carbocycles. The van der Waals surface area contributed by atoms with Crippen LogP contribution in [0.15, 0.2) is 40.0 Å². The van der Waals surface area contributed by atoms with Crippen LogP contribution in [0.5, 0.6) is 0 Å². The molecule has 2 N–H and O–H groups in total. The lowest BCUT2D eigenvalue weighted by atomic mass is 10.3. The van der Waals surface area contributed by atoms with Crippen molar-refractivity contribution in [1.82, 2.24) is 9.78 Å². The minimum absolute atomic E-state index is 0.219. The smallest absolute Gasteiger partial charge is 0.282 e. The van der Waals surface area contributed by atoms with Gasteiger partial charge in [-0.15, -0.1) is 0 Å². The Morgan fingerprint density at radius 1 is 1.29 bits per heavy atom. The first-order valence-corrected chi connectivity index (χ1v) is 6.18. The number of hydrogen-bond donors (Lipinski definition) is 2. The molecule has 0 aliphatic heterocycles. The largest absolute Gasteiger partial charge is 0.294 e. The first-order valence-electron chi connectivity index (χ1n) is 4.74. The summed E-state index contributed by atoms with van der Waals surface area (Å²) in [5.41, 5.74) is 0.821. The van der Waals surface area contributed by atoms with Gasteiger partial charge in [0.25, 0.3) is 15.7 Å². The van der Waals surface area contributed by atoms with Gasteiger partial charge in [0.1, 0.15) is 0 Å². The summed E-state index contributed by atoms with van der Waals surface area (Å²) in [7, 11) is -4.24. The minimum atomic E-state index is -4.24. The highest BCUT2D eigenvalue weighted by atomic mass is 32.2. The molecular weight excluding hydrogens is 244 g/mol.